The summed E-state index contributed by atoms with van der Waals surface area (Å²) in [7, 11) is 0. The molecule has 7 aromatic rings. The van der Waals surface area contributed by atoms with Crippen molar-refractivity contribution < 1.29 is 13.7 Å². The first-order valence-corrected chi connectivity index (χ1v) is 13.5. The Morgan fingerprint density at radius 1 is 0.744 bits per heavy atom. The fourth-order valence-electron chi connectivity index (χ4n) is 6.58. The van der Waals surface area contributed by atoms with Gasteiger partial charge in [-0.25, -0.2) is 0 Å². The lowest BCUT2D eigenvalue weighted by molar-refractivity contribution is 0.332. The molecule has 2 heterocycles. The molecule has 0 spiro atoms. The standard InChI is InChI=1S/C37H34N2/c1-36(2)18-19-37(3,4)29-21-30-27(20-28(29)36)32-24-14-8-9-15-25(24)33-26-16-10-11-17-31(26)39(35(33)34(32)38-30)22-23-12-6-5-7-13-23/h5-17,20-21,38H,18-19,22H2,1-4H3/i8D,9D,10D,11D,14D,15D,16D,17D,20D,21D. The number of benzene rings is 5. The molecule has 0 saturated heterocycles. The third-order valence-electron chi connectivity index (χ3n) is 8.78. The van der Waals surface area contributed by atoms with Gasteiger partial charge in [0.25, 0.3) is 0 Å². The Labute approximate surface area is 243 Å². The minimum absolute atomic E-state index is 0.125. The molecule has 0 bridgehead atoms. The van der Waals surface area contributed by atoms with Crippen molar-refractivity contribution in [3.63, 3.8) is 0 Å². The second-order valence-electron chi connectivity index (χ2n) is 12.2. The fraction of sp³-hybridized carbons (Fsp3) is 0.243. The van der Waals surface area contributed by atoms with Gasteiger partial charge in [0.2, 0.25) is 0 Å². The molecule has 0 unspecified atom stereocenters. The number of aromatic amines is 1. The van der Waals surface area contributed by atoms with Gasteiger partial charge in [0.1, 0.15) is 0 Å². The van der Waals surface area contributed by atoms with Crippen LogP contribution in [0.5, 0.6) is 0 Å². The normalized spacial score (nSPS) is 20.1. The molecular formula is C37H34N2. The number of rotatable bonds is 2. The Morgan fingerprint density at radius 2 is 1.36 bits per heavy atom. The van der Waals surface area contributed by atoms with E-state index < -0.39 is 29.6 Å². The van der Waals surface area contributed by atoms with Gasteiger partial charge in [-0.05, 0) is 69.3 Å². The first-order chi connectivity index (χ1) is 23.0. The molecule has 5 aromatic carbocycles. The van der Waals surface area contributed by atoms with Crippen molar-refractivity contribution in [2.45, 2.75) is 57.9 Å². The Morgan fingerprint density at radius 3 is 2.08 bits per heavy atom. The maximum absolute atomic E-state index is 9.80. The molecule has 0 fully saturated rings. The van der Waals surface area contributed by atoms with Crippen molar-refractivity contribution in [2.24, 2.45) is 0 Å². The van der Waals surface area contributed by atoms with Gasteiger partial charge in [-0.1, -0.05) is 100 Å². The first-order valence-electron chi connectivity index (χ1n) is 18.5. The maximum Gasteiger partial charge on any atom is 0.0746 e. The average Bonchev–Trinajstić information content (AvgIpc) is 3.62. The highest BCUT2D eigenvalue weighted by Crippen LogP contribution is 2.49. The number of hydrogen-bond donors (Lipinski definition) is 1. The van der Waals surface area contributed by atoms with E-state index in [0.717, 1.165) is 29.5 Å². The quantitative estimate of drug-likeness (QED) is 0.236. The van der Waals surface area contributed by atoms with Crippen LogP contribution in [0.25, 0.3) is 54.4 Å². The maximum atomic E-state index is 9.80. The number of nitrogens with zero attached hydrogens (tertiary/aromatic N) is 1. The number of aromatic nitrogens is 2. The average molecular weight is 517 g/mol. The van der Waals surface area contributed by atoms with E-state index in [4.69, 9.17) is 8.22 Å². The summed E-state index contributed by atoms with van der Waals surface area (Å²) in [4.78, 5) is 3.48. The minimum Gasteiger partial charge on any atom is -0.353 e. The largest absolute Gasteiger partial charge is 0.353 e. The molecule has 192 valence electrons. The molecule has 1 aliphatic rings. The molecule has 0 aliphatic heterocycles. The van der Waals surface area contributed by atoms with Crippen LogP contribution in [0.3, 0.4) is 0 Å². The van der Waals surface area contributed by atoms with Gasteiger partial charge < -0.3 is 9.55 Å². The smallest absolute Gasteiger partial charge is 0.0746 e. The molecule has 0 radical (unpaired) electrons. The molecule has 8 rings (SSSR count). The van der Waals surface area contributed by atoms with Crippen LogP contribution in [0, 0.1) is 0 Å². The first kappa shape index (κ1) is 14.9. The molecule has 2 heteroatoms. The van der Waals surface area contributed by atoms with E-state index in [0.29, 0.717) is 27.3 Å². The predicted octanol–water partition coefficient (Wildman–Crippen LogP) is 9.98. The summed E-state index contributed by atoms with van der Waals surface area (Å²) in [5.41, 5.74) is 3.06. The van der Waals surface area contributed by atoms with Crippen molar-refractivity contribution in [1.82, 2.24) is 9.55 Å². The Bertz CT molecular complexity index is 2630. The van der Waals surface area contributed by atoms with Gasteiger partial charge in [-0.3, -0.25) is 0 Å². The fourth-order valence-corrected chi connectivity index (χ4v) is 6.58. The Balaban J connectivity index is 1.77. The van der Waals surface area contributed by atoms with Gasteiger partial charge in [0, 0.05) is 39.1 Å². The van der Waals surface area contributed by atoms with E-state index in [1.807, 2.05) is 30.3 Å². The van der Waals surface area contributed by atoms with Crippen LogP contribution < -0.4 is 0 Å². The summed E-state index contributed by atoms with van der Waals surface area (Å²) in [6, 6.07) is 6.98. The number of nitrogens with one attached hydrogen (secondary N) is 1. The van der Waals surface area contributed by atoms with Crippen LogP contribution in [0.15, 0.2) is 90.8 Å². The third-order valence-corrected chi connectivity index (χ3v) is 8.78. The van der Waals surface area contributed by atoms with Gasteiger partial charge in [-0.2, -0.15) is 0 Å². The van der Waals surface area contributed by atoms with Crippen molar-refractivity contribution in [3.8, 4) is 0 Å². The lowest BCUT2D eigenvalue weighted by Crippen LogP contribution is -2.33. The Kier molecular flexibility index (Phi) is 2.97. The summed E-state index contributed by atoms with van der Waals surface area (Å²) in [5.74, 6) is 0. The van der Waals surface area contributed by atoms with Gasteiger partial charge in [0.15, 0.2) is 0 Å². The van der Waals surface area contributed by atoms with E-state index >= 15 is 0 Å². The van der Waals surface area contributed by atoms with Gasteiger partial charge in [-0.15, -0.1) is 0 Å². The lowest BCUT2D eigenvalue weighted by Gasteiger charge is -2.41. The van der Waals surface area contributed by atoms with Crippen molar-refractivity contribution in [3.05, 3.63) is 107 Å². The number of fused-ring (bicyclic) bond motifs is 11. The van der Waals surface area contributed by atoms with Gasteiger partial charge >= 0.3 is 0 Å². The van der Waals surface area contributed by atoms with Crippen LogP contribution in [-0.2, 0) is 17.4 Å². The molecule has 1 aliphatic carbocycles. The monoisotopic (exact) mass is 516 g/mol. The van der Waals surface area contributed by atoms with Crippen LogP contribution in [0.4, 0.5) is 0 Å². The molecule has 2 nitrogen and oxygen atoms in total. The second kappa shape index (κ2) is 7.76. The predicted molar refractivity (Wildman–Crippen MR) is 167 cm³/mol. The molecule has 0 atom stereocenters. The third kappa shape index (κ3) is 3.15. The summed E-state index contributed by atoms with van der Waals surface area (Å²) in [6.07, 6.45) is 1.64. The highest BCUT2D eigenvalue weighted by atomic mass is 15.0. The van der Waals surface area contributed by atoms with E-state index in [1.54, 1.807) is 4.57 Å². The number of H-pyrrole nitrogens is 1. The molecule has 1 N–H and O–H groups in total. The van der Waals surface area contributed by atoms with Crippen molar-refractivity contribution in [1.29, 1.82) is 0 Å². The van der Waals surface area contributed by atoms with Crippen LogP contribution >= 0.6 is 0 Å². The van der Waals surface area contributed by atoms with E-state index in [-0.39, 0.29) is 75.3 Å². The zero-order valence-electron chi connectivity index (χ0n) is 32.5. The summed E-state index contributed by atoms with van der Waals surface area (Å²) in [6.45, 7) is 8.56. The molecule has 0 amide bonds. The van der Waals surface area contributed by atoms with Crippen LogP contribution in [0.2, 0.25) is 0 Å². The van der Waals surface area contributed by atoms with E-state index in [2.05, 4.69) is 32.7 Å². The second-order valence-corrected chi connectivity index (χ2v) is 12.2. The Hall–Kier alpha value is -4.04. The topological polar surface area (TPSA) is 20.7 Å². The summed E-state index contributed by atoms with van der Waals surface area (Å²) < 4.78 is 92.6. The van der Waals surface area contributed by atoms with Crippen molar-refractivity contribution in [2.75, 3.05) is 0 Å². The van der Waals surface area contributed by atoms with Crippen LogP contribution in [0.1, 0.15) is 70.9 Å². The molecular weight excluding hydrogens is 472 g/mol. The van der Waals surface area contributed by atoms with Gasteiger partial charge in [0.05, 0.1) is 24.7 Å². The van der Waals surface area contributed by atoms with Crippen LogP contribution in [-0.4, -0.2) is 9.55 Å². The SMILES string of the molecule is [2H]c1c([2H])c([2H])c2c(c1[2H])c1c([nH]c3c([2H])c4c(c([2H])c31)C(C)(C)CCC4(C)C)c1c2c2c([2H])c([2H])c([2H])c([2H])c2n1Cc1ccccc1. The van der Waals surface area contributed by atoms with E-state index in [9.17, 15) is 5.48 Å². The zero-order chi connectivity index (χ0) is 35.2. The molecule has 39 heavy (non-hydrogen) atoms. The highest BCUT2D eigenvalue weighted by molar-refractivity contribution is 6.35. The minimum atomic E-state index is -0.463. The summed E-state index contributed by atoms with van der Waals surface area (Å²) >= 11 is 0. The number of hydrogen-bond acceptors (Lipinski definition) is 0. The summed E-state index contributed by atoms with van der Waals surface area (Å²) in [5, 5.41) is 1.51. The number of para-hydroxylation sites is 1. The lowest BCUT2D eigenvalue weighted by atomic mass is 9.63. The zero-order valence-corrected chi connectivity index (χ0v) is 22.5. The van der Waals surface area contributed by atoms with Crippen molar-refractivity contribution >= 4 is 54.4 Å². The highest BCUT2D eigenvalue weighted by Gasteiger charge is 2.37. The molecule has 2 aromatic heterocycles. The van der Waals surface area contributed by atoms with E-state index in [1.165, 1.54) is 0 Å². The molecule has 0 saturated carbocycles.